The highest BCUT2D eigenvalue weighted by atomic mass is 35.5. The van der Waals surface area contributed by atoms with Crippen molar-refractivity contribution in [2.45, 2.75) is 37.8 Å². The van der Waals surface area contributed by atoms with E-state index in [1.165, 1.54) is 11.1 Å². The Balaban J connectivity index is 0.00000261. The third kappa shape index (κ3) is 6.13. The summed E-state index contributed by atoms with van der Waals surface area (Å²) in [6.07, 6.45) is 3.45. The van der Waals surface area contributed by atoms with E-state index in [1.54, 1.807) is 7.11 Å². The monoisotopic (exact) mass is 391 g/mol. The molecule has 0 saturated carbocycles. The van der Waals surface area contributed by atoms with Crippen molar-refractivity contribution < 1.29 is 14.6 Å². The Morgan fingerprint density at radius 2 is 1.89 bits per heavy atom. The smallest absolute Gasteiger partial charge is 0.122 e. The van der Waals surface area contributed by atoms with E-state index >= 15 is 0 Å². The molecule has 3 rings (SSSR count). The van der Waals surface area contributed by atoms with Crippen LogP contribution in [0.5, 0.6) is 11.5 Å². The summed E-state index contributed by atoms with van der Waals surface area (Å²) >= 11 is 0. The second kappa shape index (κ2) is 10.5. The van der Waals surface area contributed by atoms with Crippen LogP contribution in [0.4, 0.5) is 0 Å². The molecule has 0 unspecified atom stereocenters. The number of hydrogen-bond donors (Lipinski definition) is 1. The lowest BCUT2D eigenvalue weighted by Gasteiger charge is -2.19. The molecule has 1 heterocycles. The van der Waals surface area contributed by atoms with Gasteiger partial charge in [0.05, 0.1) is 19.8 Å². The van der Waals surface area contributed by atoms with Gasteiger partial charge in [0.15, 0.2) is 0 Å². The molecule has 5 heteroatoms. The van der Waals surface area contributed by atoms with Gasteiger partial charge in [0.1, 0.15) is 11.5 Å². The molecule has 0 spiro atoms. The van der Waals surface area contributed by atoms with Crippen molar-refractivity contribution in [1.29, 1.82) is 0 Å². The van der Waals surface area contributed by atoms with Crippen LogP contribution in [0.1, 0.15) is 24.0 Å². The predicted octanol–water partition coefficient (Wildman–Crippen LogP) is 3.74. The minimum Gasteiger partial charge on any atom is -0.497 e. The van der Waals surface area contributed by atoms with Gasteiger partial charge in [-0.15, -0.1) is 12.4 Å². The third-order valence-corrected chi connectivity index (χ3v) is 5.17. The van der Waals surface area contributed by atoms with Gasteiger partial charge in [0.25, 0.3) is 0 Å². The molecule has 1 aliphatic rings. The molecule has 1 aliphatic heterocycles. The van der Waals surface area contributed by atoms with Crippen molar-refractivity contribution in [1.82, 2.24) is 4.90 Å². The van der Waals surface area contributed by atoms with E-state index in [9.17, 15) is 5.11 Å². The number of benzene rings is 2. The van der Waals surface area contributed by atoms with Gasteiger partial charge in [0, 0.05) is 12.6 Å². The Labute approximate surface area is 168 Å². The molecular weight excluding hydrogens is 362 g/mol. The summed E-state index contributed by atoms with van der Waals surface area (Å²) in [6.45, 7) is 1.42. The van der Waals surface area contributed by atoms with Crippen LogP contribution in [-0.4, -0.2) is 49.5 Å². The lowest BCUT2D eigenvalue weighted by Crippen LogP contribution is -2.26. The maximum Gasteiger partial charge on any atom is 0.122 e. The fourth-order valence-electron chi connectivity index (χ4n) is 3.64. The average molecular weight is 392 g/mol. The van der Waals surface area contributed by atoms with Crippen LogP contribution in [0, 0.1) is 0 Å². The fourth-order valence-corrected chi connectivity index (χ4v) is 3.64. The van der Waals surface area contributed by atoms with Crippen molar-refractivity contribution in [2.75, 3.05) is 27.3 Å². The van der Waals surface area contributed by atoms with Gasteiger partial charge >= 0.3 is 0 Å². The normalized spacial score (nSPS) is 19.5. The summed E-state index contributed by atoms with van der Waals surface area (Å²) < 4.78 is 11.5. The lowest BCUT2D eigenvalue weighted by atomic mass is 10.0. The number of aryl methyl sites for hydroxylation is 2. The lowest BCUT2D eigenvalue weighted by molar-refractivity contribution is 0.182. The van der Waals surface area contributed by atoms with Crippen LogP contribution in [0.25, 0.3) is 0 Å². The van der Waals surface area contributed by atoms with Crippen molar-refractivity contribution in [3.05, 3.63) is 59.7 Å². The number of aliphatic hydroxyl groups is 1. The molecule has 0 radical (unpaired) electrons. The second-order valence-corrected chi connectivity index (χ2v) is 7.08. The topological polar surface area (TPSA) is 41.9 Å². The Bertz CT molecular complexity index is 695. The summed E-state index contributed by atoms with van der Waals surface area (Å²) in [4.78, 5) is 2.22. The molecule has 148 valence electrons. The Hall–Kier alpha value is -1.75. The van der Waals surface area contributed by atoms with Crippen LogP contribution in [0.15, 0.2) is 48.5 Å². The summed E-state index contributed by atoms with van der Waals surface area (Å²) in [7, 11) is 3.76. The zero-order chi connectivity index (χ0) is 18.4. The van der Waals surface area contributed by atoms with Gasteiger partial charge in [-0.1, -0.05) is 30.3 Å². The van der Waals surface area contributed by atoms with Gasteiger partial charge in [-0.3, -0.25) is 0 Å². The van der Waals surface area contributed by atoms with Crippen LogP contribution >= 0.6 is 12.4 Å². The molecule has 2 aromatic rings. The maximum atomic E-state index is 9.77. The molecule has 2 atom stereocenters. The SMILES string of the molecule is COc1ccc(OCC[C@@H]2C[C@@H](O)CN2C)c(CCc2ccccc2)c1.Cl. The van der Waals surface area contributed by atoms with Crippen LogP contribution in [0.2, 0.25) is 0 Å². The highest BCUT2D eigenvalue weighted by Crippen LogP contribution is 2.27. The molecule has 1 saturated heterocycles. The first-order valence-electron chi connectivity index (χ1n) is 9.37. The van der Waals surface area contributed by atoms with Crippen LogP contribution in [-0.2, 0) is 12.8 Å². The van der Waals surface area contributed by atoms with Gasteiger partial charge < -0.3 is 19.5 Å². The number of likely N-dealkylation sites (tertiary alicyclic amines) is 1. The molecule has 0 amide bonds. The zero-order valence-electron chi connectivity index (χ0n) is 16.1. The summed E-state index contributed by atoms with van der Waals surface area (Å²) in [5, 5.41) is 9.77. The number of likely N-dealkylation sites (N-methyl/N-ethyl adjacent to an activating group) is 1. The molecule has 2 aromatic carbocycles. The molecule has 1 N–H and O–H groups in total. The van der Waals surface area contributed by atoms with E-state index in [0.29, 0.717) is 12.6 Å². The molecule has 4 nitrogen and oxygen atoms in total. The number of halogens is 1. The largest absolute Gasteiger partial charge is 0.497 e. The number of hydrogen-bond acceptors (Lipinski definition) is 4. The van der Waals surface area contributed by atoms with Crippen LogP contribution in [0.3, 0.4) is 0 Å². The first-order chi connectivity index (χ1) is 12.7. The average Bonchev–Trinajstić information content (AvgIpc) is 2.98. The van der Waals surface area contributed by atoms with E-state index in [-0.39, 0.29) is 18.5 Å². The molecule has 27 heavy (non-hydrogen) atoms. The van der Waals surface area contributed by atoms with E-state index in [2.05, 4.69) is 42.3 Å². The quantitative estimate of drug-likeness (QED) is 0.744. The van der Waals surface area contributed by atoms with Crippen molar-refractivity contribution in [3.8, 4) is 11.5 Å². The van der Waals surface area contributed by atoms with E-state index < -0.39 is 0 Å². The third-order valence-electron chi connectivity index (χ3n) is 5.17. The Kier molecular flexibility index (Phi) is 8.42. The van der Waals surface area contributed by atoms with Gasteiger partial charge in [-0.25, -0.2) is 0 Å². The standard InChI is InChI=1S/C22H29NO3.ClH/c1-23-16-20(24)15-19(23)12-13-26-22-11-10-21(25-2)14-18(22)9-8-17-6-4-3-5-7-17;/h3-7,10-11,14,19-20,24H,8-9,12-13,15-16H2,1-2H3;1H/t19-,20-;/m1./s1. The fraction of sp³-hybridized carbons (Fsp3) is 0.455. The van der Waals surface area contributed by atoms with E-state index in [0.717, 1.165) is 43.7 Å². The van der Waals surface area contributed by atoms with Crippen molar-refractivity contribution in [2.24, 2.45) is 0 Å². The summed E-state index contributed by atoms with van der Waals surface area (Å²) in [5.41, 5.74) is 2.50. The Morgan fingerprint density at radius 3 is 2.56 bits per heavy atom. The second-order valence-electron chi connectivity index (χ2n) is 7.08. The molecule has 0 aromatic heterocycles. The number of methoxy groups -OCH3 is 1. The predicted molar refractivity (Wildman–Crippen MR) is 111 cm³/mol. The maximum absolute atomic E-state index is 9.77. The molecule has 1 fully saturated rings. The zero-order valence-corrected chi connectivity index (χ0v) is 17.0. The van der Waals surface area contributed by atoms with Gasteiger partial charge in [0.2, 0.25) is 0 Å². The van der Waals surface area contributed by atoms with Crippen molar-refractivity contribution >= 4 is 12.4 Å². The number of ether oxygens (including phenoxy) is 2. The van der Waals surface area contributed by atoms with Gasteiger partial charge in [-0.2, -0.15) is 0 Å². The summed E-state index contributed by atoms with van der Waals surface area (Å²) in [5.74, 6) is 1.79. The number of rotatable bonds is 8. The minimum absolute atomic E-state index is 0. The summed E-state index contributed by atoms with van der Waals surface area (Å²) in [6, 6.07) is 16.9. The minimum atomic E-state index is -0.201. The highest BCUT2D eigenvalue weighted by molar-refractivity contribution is 5.85. The molecule has 0 aliphatic carbocycles. The first kappa shape index (κ1) is 21.5. The Morgan fingerprint density at radius 1 is 1.11 bits per heavy atom. The number of aliphatic hydroxyl groups excluding tert-OH is 1. The van der Waals surface area contributed by atoms with Crippen LogP contribution < -0.4 is 9.47 Å². The number of nitrogens with zero attached hydrogens (tertiary/aromatic N) is 1. The van der Waals surface area contributed by atoms with E-state index in [4.69, 9.17) is 9.47 Å². The number of β-amino-alcohol motifs (C(OH)–C–C–N with tert-alkyl or cyclic N) is 1. The highest BCUT2D eigenvalue weighted by Gasteiger charge is 2.27. The first-order valence-corrected chi connectivity index (χ1v) is 9.37. The van der Waals surface area contributed by atoms with E-state index in [1.807, 2.05) is 18.2 Å². The van der Waals surface area contributed by atoms with Gasteiger partial charge in [-0.05, 0) is 62.1 Å². The molecular formula is C22H30ClNO3. The van der Waals surface area contributed by atoms with Crippen molar-refractivity contribution in [3.63, 3.8) is 0 Å². The molecule has 0 bridgehead atoms.